The van der Waals surface area contributed by atoms with E-state index in [9.17, 15) is 4.39 Å². The zero-order valence-corrected chi connectivity index (χ0v) is 10.5. The van der Waals surface area contributed by atoms with Crippen LogP contribution in [0.25, 0.3) is 11.5 Å². The third-order valence-electron chi connectivity index (χ3n) is 2.83. The Hall–Kier alpha value is -1.71. The average Bonchev–Trinajstić information content (AvgIpc) is 2.82. The molecule has 1 aromatic carbocycles. The molecule has 0 radical (unpaired) electrons. The van der Waals surface area contributed by atoms with Gasteiger partial charge in [0.2, 0.25) is 11.8 Å². The molecule has 2 aromatic rings. The van der Waals surface area contributed by atoms with Gasteiger partial charge in [-0.2, -0.15) is 0 Å². The molecule has 1 heterocycles. The van der Waals surface area contributed by atoms with Gasteiger partial charge in [0.1, 0.15) is 0 Å². The van der Waals surface area contributed by atoms with E-state index < -0.39 is 0 Å². The van der Waals surface area contributed by atoms with Crippen molar-refractivity contribution in [3.63, 3.8) is 0 Å². The molecule has 0 amide bonds. The molecule has 18 heavy (non-hydrogen) atoms. The second-order valence-corrected chi connectivity index (χ2v) is 4.32. The predicted octanol–water partition coefficient (Wildman–Crippen LogP) is 3.73. The summed E-state index contributed by atoms with van der Waals surface area (Å²) in [6, 6.07) is 8.09. The maximum absolute atomic E-state index is 11.9. The Labute approximate surface area is 106 Å². The largest absolute Gasteiger partial charge is 0.421 e. The van der Waals surface area contributed by atoms with Crippen molar-refractivity contribution in [3.8, 4) is 11.5 Å². The van der Waals surface area contributed by atoms with Crippen molar-refractivity contribution in [2.75, 3.05) is 6.67 Å². The van der Waals surface area contributed by atoms with Gasteiger partial charge in [-0.15, -0.1) is 10.2 Å². The first-order chi connectivity index (χ1) is 8.79. The summed E-state index contributed by atoms with van der Waals surface area (Å²) in [7, 11) is 0. The van der Waals surface area contributed by atoms with Crippen LogP contribution in [0.5, 0.6) is 0 Å². The molecule has 0 saturated heterocycles. The van der Waals surface area contributed by atoms with E-state index >= 15 is 0 Å². The summed E-state index contributed by atoms with van der Waals surface area (Å²) in [6.45, 7) is 1.56. The average molecular weight is 248 g/mol. The van der Waals surface area contributed by atoms with Crippen LogP contribution in [0, 0.1) is 6.92 Å². The topological polar surface area (TPSA) is 38.9 Å². The summed E-state index contributed by atoms with van der Waals surface area (Å²) in [5.41, 5.74) is 2.19. The number of aromatic nitrogens is 2. The molecule has 96 valence electrons. The highest BCUT2D eigenvalue weighted by Gasteiger charge is 2.05. The van der Waals surface area contributed by atoms with Crippen molar-refractivity contribution in [1.29, 1.82) is 0 Å². The number of unbranched alkanes of at least 4 members (excludes halogenated alkanes) is 2. The monoisotopic (exact) mass is 248 g/mol. The summed E-state index contributed by atoms with van der Waals surface area (Å²) in [5.74, 6) is 1.12. The molecular weight excluding hydrogens is 231 g/mol. The van der Waals surface area contributed by atoms with Gasteiger partial charge in [-0.25, -0.2) is 0 Å². The van der Waals surface area contributed by atoms with E-state index in [4.69, 9.17) is 4.42 Å². The van der Waals surface area contributed by atoms with E-state index in [0.717, 1.165) is 24.8 Å². The van der Waals surface area contributed by atoms with Gasteiger partial charge in [0, 0.05) is 12.5 Å². The first-order valence-corrected chi connectivity index (χ1v) is 6.25. The summed E-state index contributed by atoms with van der Waals surface area (Å²) in [5, 5.41) is 7.78. The van der Waals surface area contributed by atoms with E-state index in [1.54, 1.807) is 6.92 Å². The smallest absolute Gasteiger partial charge is 0.247 e. The van der Waals surface area contributed by atoms with E-state index in [1.165, 1.54) is 5.56 Å². The molecule has 0 bridgehead atoms. The maximum Gasteiger partial charge on any atom is 0.247 e. The Morgan fingerprint density at radius 2 is 1.83 bits per heavy atom. The lowest BCUT2D eigenvalue weighted by Gasteiger charge is -2.01. The van der Waals surface area contributed by atoms with E-state index in [1.807, 2.05) is 12.1 Å². The predicted molar refractivity (Wildman–Crippen MR) is 68.0 cm³/mol. The number of benzene rings is 1. The number of hydrogen-bond acceptors (Lipinski definition) is 3. The minimum absolute atomic E-state index is 0.213. The van der Waals surface area contributed by atoms with Gasteiger partial charge in [-0.05, 0) is 37.0 Å². The molecule has 0 aliphatic heterocycles. The summed E-state index contributed by atoms with van der Waals surface area (Å²) in [6.07, 6.45) is 3.63. The van der Waals surface area contributed by atoms with Crippen LogP contribution < -0.4 is 0 Å². The number of hydrogen-bond donors (Lipinski definition) is 0. The lowest BCUT2D eigenvalue weighted by molar-refractivity contribution is 0.456. The fourth-order valence-electron chi connectivity index (χ4n) is 1.83. The Morgan fingerprint density at radius 1 is 1.06 bits per heavy atom. The lowest BCUT2D eigenvalue weighted by atomic mass is 10.1. The Kier molecular flexibility index (Phi) is 4.45. The van der Waals surface area contributed by atoms with E-state index in [0.29, 0.717) is 18.2 Å². The van der Waals surface area contributed by atoms with Gasteiger partial charge in [0.25, 0.3) is 0 Å². The molecule has 0 fully saturated rings. The second kappa shape index (κ2) is 6.28. The van der Waals surface area contributed by atoms with Gasteiger partial charge in [0.15, 0.2) is 0 Å². The fourth-order valence-corrected chi connectivity index (χ4v) is 1.83. The van der Waals surface area contributed by atoms with Crippen molar-refractivity contribution in [3.05, 3.63) is 35.7 Å². The minimum atomic E-state index is -0.213. The third kappa shape index (κ3) is 3.39. The van der Waals surface area contributed by atoms with Crippen molar-refractivity contribution in [2.45, 2.75) is 32.6 Å². The van der Waals surface area contributed by atoms with E-state index in [-0.39, 0.29) is 6.67 Å². The van der Waals surface area contributed by atoms with Crippen LogP contribution in [-0.2, 0) is 6.42 Å². The standard InChI is InChI=1S/C14H17FN2O/c1-11-16-17-14(18-11)13-8-6-12(7-9-13)5-3-2-4-10-15/h6-9H,2-5,10H2,1H3. The van der Waals surface area contributed by atoms with Crippen LogP contribution in [0.3, 0.4) is 0 Å². The van der Waals surface area contributed by atoms with Crippen LogP contribution >= 0.6 is 0 Å². The van der Waals surface area contributed by atoms with Crippen molar-refractivity contribution in [1.82, 2.24) is 10.2 Å². The van der Waals surface area contributed by atoms with Gasteiger partial charge in [0.05, 0.1) is 6.67 Å². The molecule has 1 aromatic heterocycles. The molecular formula is C14H17FN2O. The van der Waals surface area contributed by atoms with Gasteiger partial charge in [-0.1, -0.05) is 18.6 Å². The maximum atomic E-state index is 11.9. The lowest BCUT2D eigenvalue weighted by Crippen LogP contribution is -1.87. The molecule has 0 atom stereocenters. The molecule has 2 rings (SSSR count). The minimum Gasteiger partial charge on any atom is -0.421 e. The zero-order valence-electron chi connectivity index (χ0n) is 10.5. The number of halogens is 1. The number of alkyl halides is 1. The first-order valence-electron chi connectivity index (χ1n) is 6.25. The van der Waals surface area contributed by atoms with Crippen LogP contribution in [0.4, 0.5) is 4.39 Å². The number of rotatable bonds is 6. The quantitative estimate of drug-likeness (QED) is 0.731. The van der Waals surface area contributed by atoms with Crippen molar-refractivity contribution >= 4 is 0 Å². The number of aryl methyl sites for hydroxylation is 2. The SMILES string of the molecule is Cc1nnc(-c2ccc(CCCCCF)cc2)o1. The summed E-state index contributed by atoms with van der Waals surface area (Å²) < 4.78 is 17.3. The highest BCUT2D eigenvalue weighted by molar-refractivity contribution is 5.52. The van der Waals surface area contributed by atoms with Crippen molar-refractivity contribution < 1.29 is 8.81 Å². The fraction of sp³-hybridized carbons (Fsp3) is 0.429. The molecule has 0 spiro atoms. The number of nitrogens with zero attached hydrogens (tertiary/aromatic N) is 2. The summed E-state index contributed by atoms with van der Waals surface area (Å²) >= 11 is 0. The Morgan fingerprint density at radius 3 is 2.44 bits per heavy atom. The van der Waals surface area contributed by atoms with Gasteiger partial charge in [-0.3, -0.25) is 4.39 Å². The molecule has 0 unspecified atom stereocenters. The molecule has 0 aliphatic rings. The Balaban J connectivity index is 1.93. The molecule has 3 nitrogen and oxygen atoms in total. The van der Waals surface area contributed by atoms with Gasteiger partial charge < -0.3 is 4.42 Å². The second-order valence-electron chi connectivity index (χ2n) is 4.32. The summed E-state index contributed by atoms with van der Waals surface area (Å²) in [4.78, 5) is 0. The third-order valence-corrected chi connectivity index (χ3v) is 2.83. The highest BCUT2D eigenvalue weighted by Crippen LogP contribution is 2.18. The Bertz CT molecular complexity index is 479. The van der Waals surface area contributed by atoms with Crippen LogP contribution in [0.2, 0.25) is 0 Å². The normalized spacial score (nSPS) is 10.8. The van der Waals surface area contributed by atoms with Crippen LogP contribution in [0.1, 0.15) is 30.7 Å². The molecule has 4 heteroatoms. The van der Waals surface area contributed by atoms with Gasteiger partial charge >= 0.3 is 0 Å². The van der Waals surface area contributed by atoms with Crippen molar-refractivity contribution in [2.24, 2.45) is 0 Å². The first kappa shape index (κ1) is 12.7. The molecule has 0 aliphatic carbocycles. The zero-order chi connectivity index (χ0) is 12.8. The van der Waals surface area contributed by atoms with E-state index in [2.05, 4.69) is 22.3 Å². The molecule has 0 saturated carbocycles. The van der Waals surface area contributed by atoms with Crippen LogP contribution in [0.15, 0.2) is 28.7 Å². The van der Waals surface area contributed by atoms with Crippen LogP contribution in [-0.4, -0.2) is 16.9 Å². The molecule has 0 N–H and O–H groups in total. The highest BCUT2D eigenvalue weighted by atomic mass is 19.1.